The Morgan fingerprint density at radius 3 is 2.32 bits per heavy atom. The largest absolute Gasteiger partial charge is 0.512 e. The van der Waals surface area contributed by atoms with Crippen LogP contribution in [0.5, 0.6) is 0 Å². The molecule has 0 aliphatic heterocycles. The summed E-state index contributed by atoms with van der Waals surface area (Å²) in [6.45, 7) is 4.39. The van der Waals surface area contributed by atoms with Gasteiger partial charge in [0.15, 0.2) is 0 Å². The maximum atomic E-state index is 13.2. The normalized spacial score (nSPS) is 18.2. The average Bonchev–Trinajstić information content (AvgIpc) is 2.55. The highest BCUT2D eigenvalue weighted by molar-refractivity contribution is 9.10. The second-order valence-electron chi connectivity index (χ2n) is 7.32. The zero-order valence-corrected chi connectivity index (χ0v) is 16.8. The molecule has 4 heteroatoms. The van der Waals surface area contributed by atoms with Gasteiger partial charge in [-0.3, -0.25) is 0 Å². The fourth-order valence-corrected chi connectivity index (χ4v) is 4.70. The van der Waals surface area contributed by atoms with Gasteiger partial charge < -0.3 is 5.11 Å². The van der Waals surface area contributed by atoms with E-state index < -0.39 is 0 Å². The molecule has 0 bridgehead atoms. The molecule has 0 radical (unpaired) electrons. The molecule has 0 aromatic heterocycles. The first-order valence-electron chi connectivity index (χ1n) is 8.43. The Kier molecular flexibility index (Phi) is 5.59. The molecule has 1 N–H and O–H groups in total. The highest BCUT2D eigenvalue weighted by Crippen LogP contribution is 2.48. The first-order valence-corrected chi connectivity index (χ1v) is 10.1. The molecule has 132 valence electrons. The van der Waals surface area contributed by atoms with Crippen molar-refractivity contribution in [3.8, 4) is 0 Å². The standard InChI is InChI=1S/C21H22BrFOS/c1-21(2)12-11-18(19(24)13-21)20(14-3-5-15(22)6-4-14)25-17-9-7-16(23)8-10-17/h3-10,20,24H,11-13H2,1-2H3. The number of hydrogen-bond acceptors (Lipinski definition) is 2. The monoisotopic (exact) mass is 420 g/mol. The lowest BCUT2D eigenvalue weighted by atomic mass is 9.76. The number of hydrogen-bond donors (Lipinski definition) is 1. The Hall–Kier alpha value is -1.26. The van der Waals surface area contributed by atoms with E-state index >= 15 is 0 Å². The van der Waals surface area contributed by atoms with Gasteiger partial charge in [-0.05, 0) is 65.8 Å². The second-order valence-corrected chi connectivity index (χ2v) is 9.41. The van der Waals surface area contributed by atoms with E-state index in [9.17, 15) is 9.50 Å². The van der Waals surface area contributed by atoms with Crippen LogP contribution in [0.15, 0.2) is 69.2 Å². The van der Waals surface area contributed by atoms with E-state index in [4.69, 9.17) is 0 Å². The molecule has 1 aliphatic rings. The van der Waals surface area contributed by atoms with E-state index in [1.807, 2.05) is 12.1 Å². The van der Waals surface area contributed by atoms with Crippen LogP contribution in [0.1, 0.15) is 43.9 Å². The maximum absolute atomic E-state index is 13.2. The minimum Gasteiger partial charge on any atom is -0.512 e. The molecule has 1 atom stereocenters. The first kappa shape index (κ1) is 18.5. The van der Waals surface area contributed by atoms with E-state index in [0.717, 1.165) is 33.3 Å². The van der Waals surface area contributed by atoms with Gasteiger partial charge in [-0.1, -0.05) is 41.9 Å². The number of benzene rings is 2. The van der Waals surface area contributed by atoms with Gasteiger partial charge in [-0.15, -0.1) is 11.8 Å². The molecule has 2 aromatic rings. The molecule has 0 fully saturated rings. The third kappa shape index (κ3) is 4.68. The highest BCUT2D eigenvalue weighted by Gasteiger charge is 2.31. The van der Waals surface area contributed by atoms with Crippen LogP contribution in [-0.2, 0) is 0 Å². The van der Waals surface area contributed by atoms with Crippen LogP contribution in [0.3, 0.4) is 0 Å². The molecule has 1 nitrogen and oxygen atoms in total. The van der Waals surface area contributed by atoms with Gasteiger partial charge in [0.1, 0.15) is 5.82 Å². The predicted octanol–water partition coefficient (Wildman–Crippen LogP) is 7.44. The Morgan fingerprint density at radius 1 is 1.08 bits per heavy atom. The van der Waals surface area contributed by atoms with Gasteiger partial charge in [0.25, 0.3) is 0 Å². The van der Waals surface area contributed by atoms with E-state index in [0.29, 0.717) is 12.2 Å². The SMILES string of the molecule is CC1(C)CCC(C(Sc2ccc(F)cc2)c2ccc(Br)cc2)=C(O)C1. The first-order chi connectivity index (χ1) is 11.8. The summed E-state index contributed by atoms with van der Waals surface area (Å²) >= 11 is 5.15. The van der Waals surface area contributed by atoms with Gasteiger partial charge >= 0.3 is 0 Å². The lowest BCUT2D eigenvalue weighted by molar-refractivity contribution is 0.238. The van der Waals surface area contributed by atoms with Crippen molar-refractivity contribution in [1.82, 2.24) is 0 Å². The van der Waals surface area contributed by atoms with Crippen molar-refractivity contribution in [2.75, 3.05) is 0 Å². The van der Waals surface area contributed by atoms with Crippen LogP contribution in [0, 0.1) is 11.2 Å². The summed E-state index contributed by atoms with van der Waals surface area (Å²) in [4.78, 5) is 0.999. The average molecular weight is 421 g/mol. The second kappa shape index (κ2) is 7.55. The smallest absolute Gasteiger partial charge is 0.123 e. The predicted molar refractivity (Wildman–Crippen MR) is 106 cm³/mol. The van der Waals surface area contributed by atoms with E-state index in [2.05, 4.69) is 41.9 Å². The quantitative estimate of drug-likeness (QED) is 0.518. The molecule has 0 amide bonds. The molecular formula is C21H22BrFOS. The van der Waals surface area contributed by atoms with Crippen LogP contribution in [0.4, 0.5) is 4.39 Å². The fourth-order valence-electron chi connectivity index (χ4n) is 3.18. The Balaban J connectivity index is 1.97. The zero-order valence-electron chi connectivity index (χ0n) is 14.4. The van der Waals surface area contributed by atoms with Crippen molar-refractivity contribution in [3.63, 3.8) is 0 Å². The molecule has 2 aromatic carbocycles. The molecule has 0 spiro atoms. The van der Waals surface area contributed by atoms with E-state index in [-0.39, 0.29) is 16.5 Å². The molecule has 3 rings (SSSR count). The summed E-state index contributed by atoms with van der Waals surface area (Å²) in [5.74, 6) is 0.282. The van der Waals surface area contributed by atoms with Gasteiger partial charge in [0.2, 0.25) is 0 Å². The fraction of sp³-hybridized carbons (Fsp3) is 0.333. The molecule has 0 heterocycles. The number of halogens is 2. The Labute approximate surface area is 161 Å². The van der Waals surface area contributed by atoms with Crippen LogP contribution < -0.4 is 0 Å². The summed E-state index contributed by atoms with van der Waals surface area (Å²) in [5, 5.41) is 10.7. The van der Waals surface area contributed by atoms with Crippen molar-refractivity contribution < 1.29 is 9.50 Å². The molecular weight excluding hydrogens is 399 g/mol. The zero-order chi connectivity index (χ0) is 18.0. The van der Waals surface area contributed by atoms with E-state index in [1.54, 1.807) is 23.9 Å². The van der Waals surface area contributed by atoms with Crippen molar-refractivity contribution >= 4 is 27.7 Å². The van der Waals surface area contributed by atoms with Crippen LogP contribution in [0.25, 0.3) is 0 Å². The van der Waals surface area contributed by atoms with E-state index in [1.165, 1.54) is 12.1 Å². The number of aliphatic hydroxyl groups is 1. The minimum atomic E-state index is -0.231. The molecule has 25 heavy (non-hydrogen) atoms. The van der Waals surface area contributed by atoms with Crippen molar-refractivity contribution in [1.29, 1.82) is 0 Å². The van der Waals surface area contributed by atoms with Crippen molar-refractivity contribution in [2.45, 2.75) is 43.3 Å². The molecule has 0 saturated heterocycles. The van der Waals surface area contributed by atoms with Gasteiger partial charge in [0, 0.05) is 15.8 Å². The van der Waals surface area contributed by atoms with Gasteiger partial charge in [0.05, 0.1) is 11.0 Å². The summed E-state index contributed by atoms with van der Waals surface area (Å²) in [6.07, 6.45) is 2.65. The molecule has 0 saturated carbocycles. The van der Waals surface area contributed by atoms with Crippen LogP contribution in [0.2, 0.25) is 0 Å². The van der Waals surface area contributed by atoms with Crippen molar-refractivity contribution in [2.24, 2.45) is 5.41 Å². The third-order valence-corrected chi connectivity index (χ3v) is 6.51. The van der Waals surface area contributed by atoms with Crippen LogP contribution in [-0.4, -0.2) is 5.11 Å². The summed E-state index contributed by atoms with van der Waals surface area (Å²) in [5.41, 5.74) is 2.38. The molecule has 1 unspecified atom stereocenters. The summed E-state index contributed by atoms with van der Waals surface area (Å²) in [7, 11) is 0. The lowest BCUT2D eigenvalue weighted by Crippen LogP contribution is -2.20. The minimum absolute atomic E-state index is 0.0367. The third-order valence-electron chi connectivity index (χ3n) is 4.64. The number of aliphatic hydroxyl groups excluding tert-OH is 1. The highest BCUT2D eigenvalue weighted by atomic mass is 79.9. The van der Waals surface area contributed by atoms with Gasteiger partial charge in [-0.25, -0.2) is 4.39 Å². The summed E-state index contributed by atoms with van der Waals surface area (Å²) < 4.78 is 14.3. The summed E-state index contributed by atoms with van der Waals surface area (Å²) in [6, 6.07) is 14.8. The van der Waals surface area contributed by atoms with Gasteiger partial charge in [-0.2, -0.15) is 0 Å². The Morgan fingerprint density at radius 2 is 1.72 bits per heavy atom. The topological polar surface area (TPSA) is 20.2 Å². The maximum Gasteiger partial charge on any atom is 0.123 e. The number of thioether (sulfide) groups is 1. The van der Waals surface area contributed by atoms with Crippen LogP contribution >= 0.6 is 27.7 Å². The number of allylic oxidation sites excluding steroid dienone is 1. The lowest BCUT2D eigenvalue weighted by Gasteiger charge is -2.33. The molecule has 1 aliphatic carbocycles. The van der Waals surface area contributed by atoms with Crippen molar-refractivity contribution in [3.05, 3.63) is 75.7 Å². The Bertz CT molecular complexity index is 765. The number of rotatable bonds is 4.